The number of nitrogens with zero attached hydrogens (tertiary/aromatic N) is 4. The molecule has 7 nitrogen and oxygen atoms in total. The standard InChI is InChI=1S/C20H25N5O2/c1-27-17-6-4-16(5-7-17)21-20(26)19-23-22-18-8-14-10-24(9-13-2-3-13)11-15(14)12-25(18)19/h4-7,13-15H,2-3,8-12H2,1H3,(H,21,26)/t14-,15-/m0/s1. The van der Waals surface area contributed by atoms with Crippen molar-refractivity contribution in [2.24, 2.45) is 17.8 Å². The van der Waals surface area contributed by atoms with Crippen LogP contribution in [-0.4, -0.2) is 52.3 Å². The Kier molecular flexibility index (Phi) is 4.11. The number of amides is 1. The van der Waals surface area contributed by atoms with Crippen LogP contribution >= 0.6 is 0 Å². The van der Waals surface area contributed by atoms with Gasteiger partial charge in [0.25, 0.3) is 5.91 Å². The van der Waals surface area contributed by atoms with Crippen molar-refractivity contribution in [3.63, 3.8) is 0 Å². The lowest BCUT2D eigenvalue weighted by Crippen LogP contribution is -2.31. The number of anilines is 1. The van der Waals surface area contributed by atoms with Crippen LogP contribution in [0.3, 0.4) is 0 Å². The summed E-state index contributed by atoms with van der Waals surface area (Å²) < 4.78 is 7.18. The van der Waals surface area contributed by atoms with Gasteiger partial charge in [-0.2, -0.15) is 0 Å². The van der Waals surface area contributed by atoms with Gasteiger partial charge in [0.15, 0.2) is 0 Å². The molecule has 1 aromatic carbocycles. The van der Waals surface area contributed by atoms with E-state index in [2.05, 4.69) is 20.4 Å². The zero-order valence-electron chi connectivity index (χ0n) is 15.6. The SMILES string of the molecule is COc1ccc(NC(=O)c2nnc3n2C[C@@H]2CN(CC4CC4)C[C@@H]2C3)cc1. The number of ether oxygens (including phenoxy) is 1. The molecule has 1 saturated heterocycles. The second-order valence-corrected chi connectivity index (χ2v) is 8.12. The van der Waals surface area contributed by atoms with E-state index in [0.717, 1.165) is 42.7 Å². The lowest BCUT2D eigenvalue weighted by molar-refractivity contribution is 0.100. The molecule has 2 aromatic rings. The topological polar surface area (TPSA) is 72.3 Å². The molecule has 0 spiro atoms. The molecule has 2 fully saturated rings. The largest absolute Gasteiger partial charge is 0.497 e. The third-order valence-electron chi connectivity index (χ3n) is 6.11. The Morgan fingerprint density at radius 1 is 1.15 bits per heavy atom. The number of rotatable bonds is 5. The van der Waals surface area contributed by atoms with Crippen LogP contribution in [0.15, 0.2) is 24.3 Å². The number of methoxy groups -OCH3 is 1. The predicted octanol–water partition coefficient (Wildman–Crippen LogP) is 2.05. The Labute approximate surface area is 158 Å². The first-order valence-corrected chi connectivity index (χ1v) is 9.79. The van der Waals surface area contributed by atoms with Gasteiger partial charge in [-0.1, -0.05) is 0 Å². The van der Waals surface area contributed by atoms with E-state index in [1.807, 2.05) is 28.8 Å². The molecule has 1 aromatic heterocycles. The van der Waals surface area contributed by atoms with E-state index in [-0.39, 0.29) is 5.91 Å². The van der Waals surface area contributed by atoms with E-state index in [4.69, 9.17) is 4.74 Å². The number of aromatic nitrogens is 3. The van der Waals surface area contributed by atoms with Gasteiger partial charge >= 0.3 is 0 Å². The third-order valence-corrected chi connectivity index (χ3v) is 6.11. The Bertz CT molecular complexity index is 843. The minimum atomic E-state index is -0.204. The Morgan fingerprint density at radius 2 is 1.93 bits per heavy atom. The molecular formula is C20H25N5O2. The maximum Gasteiger partial charge on any atom is 0.293 e. The second kappa shape index (κ2) is 6.64. The molecule has 142 valence electrons. The van der Waals surface area contributed by atoms with E-state index in [9.17, 15) is 4.79 Å². The van der Waals surface area contributed by atoms with Crippen molar-refractivity contribution in [1.82, 2.24) is 19.7 Å². The highest BCUT2D eigenvalue weighted by Crippen LogP contribution is 2.36. The average Bonchev–Trinajstić information content (AvgIpc) is 3.25. The fraction of sp³-hybridized carbons (Fsp3) is 0.550. The molecule has 0 unspecified atom stereocenters. The monoisotopic (exact) mass is 367 g/mol. The molecular weight excluding hydrogens is 342 g/mol. The van der Waals surface area contributed by atoms with Crippen LogP contribution in [0, 0.1) is 17.8 Å². The number of fused-ring (bicyclic) bond motifs is 2. The van der Waals surface area contributed by atoms with Crippen LogP contribution in [0.25, 0.3) is 0 Å². The average molecular weight is 367 g/mol. The molecule has 1 aliphatic carbocycles. The second-order valence-electron chi connectivity index (χ2n) is 8.12. The van der Waals surface area contributed by atoms with E-state index in [0.29, 0.717) is 17.7 Å². The fourth-order valence-corrected chi connectivity index (χ4v) is 4.47. The molecule has 1 saturated carbocycles. The zero-order valence-corrected chi connectivity index (χ0v) is 15.6. The first-order valence-electron chi connectivity index (χ1n) is 9.79. The van der Waals surface area contributed by atoms with Crippen LogP contribution < -0.4 is 10.1 Å². The summed E-state index contributed by atoms with van der Waals surface area (Å²) in [5, 5.41) is 11.4. The smallest absolute Gasteiger partial charge is 0.293 e. The van der Waals surface area contributed by atoms with Gasteiger partial charge in [-0.05, 0) is 54.9 Å². The molecule has 0 bridgehead atoms. The van der Waals surface area contributed by atoms with Crippen molar-refractivity contribution < 1.29 is 9.53 Å². The number of benzene rings is 1. The highest BCUT2D eigenvalue weighted by Gasteiger charge is 2.40. The Hall–Kier alpha value is -2.41. The zero-order chi connectivity index (χ0) is 18.4. The Balaban J connectivity index is 1.28. The summed E-state index contributed by atoms with van der Waals surface area (Å²) in [6, 6.07) is 7.30. The number of nitrogens with one attached hydrogen (secondary N) is 1. The molecule has 27 heavy (non-hydrogen) atoms. The van der Waals surface area contributed by atoms with Crippen molar-refractivity contribution >= 4 is 11.6 Å². The maximum absolute atomic E-state index is 12.7. The van der Waals surface area contributed by atoms with Gasteiger partial charge < -0.3 is 19.5 Å². The van der Waals surface area contributed by atoms with Gasteiger partial charge in [0.1, 0.15) is 11.6 Å². The third kappa shape index (κ3) is 3.32. The summed E-state index contributed by atoms with van der Waals surface area (Å²) in [5.41, 5.74) is 0.725. The predicted molar refractivity (Wildman–Crippen MR) is 101 cm³/mol. The van der Waals surface area contributed by atoms with Crippen molar-refractivity contribution in [2.45, 2.75) is 25.8 Å². The van der Waals surface area contributed by atoms with Crippen molar-refractivity contribution in [3.05, 3.63) is 35.9 Å². The lowest BCUT2D eigenvalue weighted by atomic mass is 9.89. The highest BCUT2D eigenvalue weighted by atomic mass is 16.5. The minimum absolute atomic E-state index is 0.204. The van der Waals surface area contributed by atoms with Gasteiger partial charge in [0.05, 0.1) is 7.11 Å². The van der Waals surface area contributed by atoms with E-state index >= 15 is 0 Å². The van der Waals surface area contributed by atoms with E-state index in [1.165, 1.54) is 25.9 Å². The van der Waals surface area contributed by atoms with Crippen LogP contribution in [0.1, 0.15) is 29.3 Å². The fourth-order valence-electron chi connectivity index (χ4n) is 4.47. The number of carbonyl (C=O) groups excluding carboxylic acids is 1. The molecule has 3 aliphatic rings. The number of hydrogen-bond donors (Lipinski definition) is 1. The molecule has 7 heteroatoms. The first-order chi connectivity index (χ1) is 13.2. The molecule has 2 atom stereocenters. The first kappa shape index (κ1) is 16.7. The Morgan fingerprint density at radius 3 is 2.67 bits per heavy atom. The number of carbonyl (C=O) groups is 1. The summed E-state index contributed by atoms with van der Waals surface area (Å²) in [5.74, 6) is 4.10. The molecule has 2 aliphatic heterocycles. The highest BCUT2D eigenvalue weighted by molar-refractivity contribution is 6.01. The van der Waals surface area contributed by atoms with Crippen LogP contribution in [0.5, 0.6) is 5.75 Å². The molecule has 3 heterocycles. The molecule has 1 N–H and O–H groups in total. The van der Waals surface area contributed by atoms with E-state index < -0.39 is 0 Å². The van der Waals surface area contributed by atoms with Gasteiger partial charge in [0, 0.05) is 38.3 Å². The van der Waals surface area contributed by atoms with Crippen molar-refractivity contribution in [1.29, 1.82) is 0 Å². The summed E-state index contributed by atoms with van der Waals surface area (Å²) >= 11 is 0. The summed E-state index contributed by atoms with van der Waals surface area (Å²) in [7, 11) is 1.62. The van der Waals surface area contributed by atoms with Gasteiger partial charge in [-0.15, -0.1) is 10.2 Å². The lowest BCUT2D eigenvalue weighted by Gasteiger charge is -2.25. The normalized spacial score (nSPS) is 24.3. The van der Waals surface area contributed by atoms with Crippen molar-refractivity contribution in [2.75, 3.05) is 32.1 Å². The number of hydrogen-bond acceptors (Lipinski definition) is 5. The van der Waals surface area contributed by atoms with Crippen LogP contribution in [0.2, 0.25) is 0 Å². The van der Waals surface area contributed by atoms with E-state index in [1.54, 1.807) is 7.11 Å². The summed E-state index contributed by atoms with van der Waals surface area (Å²) in [6.07, 6.45) is 3.72. The molecule has 5 rings (SSSR count). The van der Waals surface area contributed by atoms with Gasteiger partial charge in [-0.3, -0.25) is 4.79 Å². The summed E-state index contributed by atoms with van der Waals surface area (Å²) in [4.78, 5) is 15.4. The molecule has 1 amide bonds. The molecule has 0 radical (unpaired) electrons. The van der Waals surface area contributed by atoms with Gasteiger partial charge in [-0.25, -0.2) is 0 Å². The number of likely N-dealkylation sites (tertiary alicyclic amines) is 1. The maximum atomic E-state index is 12.7. The van der Waals surface area contributed by atoms with Crippen LogP contribution in [0.4, 0.5) is 5.69 Å². The summed E-state index contributed by atoms with van der Waals surface area (Å²) in [6.45, 7) is 4.40. The minimum Gasteiger partial charge on any atom is -0.497 e. The quantitative estimate of drug-likeness (QED) is 0.876. The van der Waals surface area contributed by atoms with Crippen molar-refractivity contribution in [3.8, 4) is 5.75 Å². The van der Waals surface area contributed by atoms with Crippen LogP contribution in [-0.2, 0) is 13.0 Å². The van der Waals surface area contributed by atoms with Gasteiger partial charge in [0.2, 0.25) is 5.82 Å².